The molecule has 20 heavy (non-hydrogen) atoms. The third-order valence-corrected chi connectivity index (χ3v) is 2.85. The molecule has 2 aromatic carbocycles. The van der Waals surface area contributed by atoms with Crippen LogP contribution in [0.25, 0.3) is 11.1 Å². The van der Waals surface area contributed by atoms with Crippen molar-refractivity contribution in [1.29, 1.82) is 0 Å². The van der Waals surface area contributed by atoms with Gasteiger partial charge in [0.25, 0.3) is 0 Å². The molecule has 0 aliphatic heterocycles. The van der Waals surface area contributed by atoms with E-state index in [0.717, 1.165) is 18.2 Å². The third-order valence-electron chi connectivity index (χ3n) is 2.85. The van der Waals surface area contributed by atoms with Crippen LogP contribution >= 0.6 is 0 Å². The molecule has 0 saturated carbocycles. The summed E-state index contributed by atoms with van der Waals surface area (Å²) in [7, 11) is 1.30. The van der Waals surface area contributed by atoms with Gasteiger partial charge in [-0.3, -0.25) is 0 Å². The Morgan fingerprint density at radius 1 is 1.05 bits per heavy atom. The maximum Gasteiger partial charge on any atom is 0.416 e. The van der Waals surface area contributed by atoms with Gasteiger partial charge in [0.15, 0.2) is 11.6 Å². The van der Waals surface area contributed by atoms with Crippen LogP contribution in [-0.4, -0.2) is 7.11 Å². The van der Waals surface area contributed by atoms with Crippen LogP contribution in [0.4, 0.5) is 23.2 Å². The number of rotatable bonds is 2. The summed E-state index contributed by atoms with van der Waals surface area (Å²) >= 11 is 0. The first-order valence-electron chi connectivity index (χ1n) is 5.64. The Labute approximate surface area is 112 Å². The molecule has 0 fully saturated rings. The lowest BCUT2D eigenvalue weighted by Gasteiger charge is -2.12. The molecule has 0 saturated heterocycles. The van der Waals surface area contributed by atoms with E-state index >= 15 is 0 Å². The molecule has 0 aliphatic carbocycles. The molecule has 0 aromatic heterocycles. The van der Waals surface area contributed by atoms with Crippen molar-refractivity contribution in [2.24, 2.45) is 0 Å². The highest BCUT2D eigenvalue weighted by Gasteiger charge is 2.31. The molecule has 0 spiro atoms. The Kier molecular flexibility index (Phi) is 3.57. The third kappa shape index (κ3) is 2.54. The topological polar surface area (TPSA) is 35.2 Å². The maximum atomic E-state index is 14.1. The van der Waals surface area contributed by atoms with Crippen molar-refractivity contribution in [1.82, 2.24) is 0 Å². The van der Waals surface area contributed by atoms with Crippen molar-refractivity contribution in [3.8, 4) is 16.9 Å². The fourth-order valence-electron chi connectivity index (χ4n) is 1.86. The number of halogens is 4. The number of anilines is 1. The van der Waals surface area contributed by atoms with Crippen LogP contribution in [0.1, 0.15) is 5.56 Å². The average Bonchev–Trinajstić information content (AvgIpc) is 2.38. The monoisotopic (exact) mass is 285 g/mol. The molecule has 0 bridgehead atoms. The highest BCUT2D eigenvalue weighted by Crippen LogP contribution is 2.36. The Morgan fingerprint density at radius 2 is 1.75 bits per heavy atom. The van der Waals surface area contributed by atoms with Gasteiger partial charge >= 0.3 is 6.18 Å². The summed E-state index contributed by atoms with van der Waals surface area (Å²) in [5.74, 6) is -0.664. The number of ether oxygens (including phenoxy) is 1. The van der Waals surface area contributed by atoms with Crippen LogP contribution in [0.3, 0.4) is 0 Å². The van der Waals surface area contributed by atoms with Gasteiger partial charge in [-0.25, -0.2) is 4.39 Å². The molecule has 0 heterocycles. The van der Waals surface area contributed by atoms with E-state index in [9.17, 15) is 17.6 Å². The molecule has 0 unspecified atom stereocenters. The second-order valence-electron chi connectivity index (χ2n) is 4.12. The predicted octanol–water partition coefficient (Wildman–Crippen LogP) is 4.10. The van der Waals surface area contributed by atoms with E-state index in [4.69, 9.17) is 10.5 Å². The number of alkyl halides is 3. The number of methoxy groups -OCH3 is 1. The summed E-state index contributed by atoms with van der Waals surface area (Å²) < 4.78 is 56.6. The van der Waals surface area contributed by atoms with Gasteiger partial charge in [0.05, 0.1) is 12.7 Å². The normalized spacial score (nSPS) is 11.4. The number of hydrogen-bond donors (Lipinski definition) is 1. The van der Waals surface area contributed by atoms with Crippen LogP contribution in [0.2, 0.25) is 0 Å². The van der Waals surface area contributed by atoms with Crippen molar-refractivity contribution in [2.45, 2.75) is 6.18 Å². The summed E-state index contributed by atoms with van der Waals surface area (Å²) in [5.41, 5.74) is 4.87. The number of hydrogen-bond acceptors (Lipinski definition) is 2. The first kappa shape index (κ1) is 14.2. The lowest BCUT2D eigenvalue weighted by molar-refractivity contribution is -0.137. The molecule has 2 N–H and O–H groups in total. The van der Waals surface area contributed by atoms with Crippen molar-refractivity contribution < 1.29 is 22.3 Å². The van der Waals surface area contributed by atoms with E-state index in [-0.39, 0.29) is 22.6 Å². The minimum Gasteiger partial charge on any atom is -0.494 e. The quantitative estimate of drug-likeness (QED) is 0.666. The standard InChI is InChI=1S/C14H11F4NO/c1-20-12-4-2-3-10(13(12)15)9-6-5-8(7-11(9)19)14(16,17)18/h2-7H,19H2,1H3. The Morgan fingerprint density at radius 3 is 2.30 bits per heavy atom. The molecule has 6 heteroatoms. The maximum absolute atomic E-state index is 14.1. The first-order valence-corrected chi connectivity index (χ1v) is 5.64. The molecular formula is C14H11F4NO. The van der Waals surface area contributed by atoms with E-state index in [1.807, 2.05) is 0 Å². The van der Waals surface area contributed by atoms with Crippen molar-refractivity contribution in [2.75, 3.05) is 12.8 Å². The molecule has 2 aromatic rings. The molecule has 2 nitrogen and oxygen atoms in total. The molecule has 0 radical (unpaired) electrons. The van der Waals surface area contributed by atoms with Gasteiger partial charge in [-0.1, -0.05) is 18.2 Å². The Bertz CT molecular complexity index is 638. The largest absolute Gasteiger partial charge is 0.494 e. The fraction of sp³-hybridized carbons (Fsp3) is 0.143. The summed E-state index contributed by atoms with van der Waals surface area (Å²) in [6.07, 6.45) is -4.49. The zero-order valence-corrected chi connectivity index (χ0v) is 10.5. The van der Waals surface area contributed by atoms with Gasteiger partial charge in [0.2, 0.25) is 0 Å². The highest BCUT2D eigenvalue weighted by atomic mass is 19.4. The second-order valence-corrected chi connectivity index (χ2v) is 4.12. The molecule has 0 atom stereocenters. The van der Waals surface area contributed by atoms with Crippen LogP contribution in [-0.2, 0) is 6.18 Å². The Balaban J connectivity index is 2.55. The fourth-order valence-corrected chi connectivity index (χ4v) is 1.86. The number of benzene rings is 2. The minimum atomic E-state index is -4.49. The number of nitrogen functional groups attached to an aromatic ring is 1. The molecule has 2 rings (SSSR count). The van der Waals surface area contributed by atoms with Crippen molar-refractivity contribution >= 4 is 5.69 Å². The van der Waals surface area contributed by atoms with Gasteiger partial charge in [-0.2, -0.15) is 13.2 Å². The van der Waals surface area contributed by atoms with E-state index in [2.05, 4.69) is 0 Å². The summed E-state index contributed by atoms with van der Waals surface area (Å²) in [4.78, 5) is 0. The van der Waals surface area contributed by atoms with Crippen LogP contribution in [0.15, 0.2) is 36.4 Å². The SMILES string of the molecule is COc1cccc(-c2ccc(C(F)(F)F)cc2N)c1F. The average molecular weight is 285 g/mol. The Hall–Kier alpha value is -2.24. The van der Waals surface area contributed by atoms with E-state index < -0.39 is 17.6 Å². The smallest absolute Gasteiger partial charge is 0.416 e. The predicted molar refractivity (Wildman–Crippen MR) is 67.8 cm³/mol. The zero-order chi connectivity index (χ0) is 14.9. The molecule has 106 valence electrons. The van der Waals surface area contributed by atoms with Crippen molar-refractivity contribution in [3.63, 3.8) is 0 Å². The van der Waals surface area contributed by atoms with Crippen molar-refractivity contribution in [3.05, 3.63) is 47.8 Å². The molecular weight excluding hydrogens is 274 g/mol. The second kappa shape index (κ2) is 5.03. The minimum absolute atomic E-state index is 0.00166. The summed E-state index contributed by atoms with van der Waals surface area (Å²) in [5, 5.41) is 0. The van der Waals surface area contributed by atoms with E-state index in [1.54, 1.807) is 0 Å². The van der Waals surface area contributed by atoms with E-state index in [1.165, 1.54) is 25.3 Å². The van der Waals surface area contributed by atoms with Gasteiger partial charge in [-0.15, -0.1) is 0 Å². The zero-order valence-electron chi connectivity index (χ0n) is 10.5. The number of nitrogens with two attached hydrogens (primary N) is 1. The van der Waals surface area contributed by atoms with Crippen LogP contribution < -0.4 is 10.5 Å². The van der Waals surface area contributed by atoms with Gasteiger partial charge in [-0.05, 0) is 18.2 Å². The molecule has 0 aliphatic rings. The summed E-state index contributed by atoms with van der Waals surface area (Å²) in [6, 6.07) is 7.18. The highest BCUT2D eigenvalue weighted by molar-refractivity contribution is 5.78. The summed E-state index contributed by atoms with van der Waals surface area (Å²) in [6.45, 7) is 0. The van der Waals surface area contributed by atoms with Crippen LogP contribution in [0, 0.1) is 5.82 Å². The first-order chi connectivity index (χ1) is 9.34. The lowest BCUT2D eigenvalue weighted by Crippen LogP contribution is -2.06. The molecule has 0 amide bonds. The van der Waals surface area contributed by atoms with Crippen LogP contribution in [0.5, 0.6) is 5.75 Å². The lowest BCUT2D eigenvalue weighted by atomic mass is 10.0. The van der Waals surface area contributed by atoms with Gasteiger partial charge < -0.3 is 10.5 Å². The van der Waals surface area contributed by atoms with Gasteiger partial charge in [0, 0.05) is 16.8 Å². The van der Waals surface area contributed by atoms with Gasteiger partial charge in [0.1, 0.15) is 0 Å². The van der Waals surface area contributed by atoms with E-state index in [0.29, 0.717) is 0 Å².